The van der Waals surface area contributed by atoms with Gasteiger partial charge in [-0.15, -0.1) is 0 Å². The lowest BCUT2D eigenvalue weighted by Gasteiger charge is -2.08. The van der Waals surface area contributed by atoms with E-state index in [0.717, 1.165) is 0 Å². The zero-order valence-electron chi connectivity index (χ0n) is 10.3. The second kappa shape index (κ2) is 5.29. The Morgan fingerprint density at radius 3 is 2.60 bits per heavy atom. The Morgan fingerprint density at radius 1 is 1.35 bits per heavy atom. The van der Waals surface area contributed by atoms with Crippen molar-refractivity contribution < 1.29 is 18.3 Å². The monoisotopic (exact) mass is 358 g/mol. The van der Waals surface area contributed by atoms with E-state index in [0.29, 0.717) is 10.2 Å². The molecule has 0 aliphatic heterocycles. The largest absolute Gasteiger partial charge is 0.477 e. The summed E-state index contributed by atoms with van der Waals surface area (Å²) in [5.41, 5.74) is 0.358. The van der Waals surface area contributed by atoms with Gasteiger partial charge in [0.2, 0.25) is 0 Å². The van der Waals surface area contributed by atoms with Crippen molar-refractivity contribution in [2.24, 2.45) is 0 Å². The molecule has 0 radical (unpaired) electrons. The van der Waals surface area contributed by atoms with Gasteiger partial charge in [-0.25, -0.2) is 13.2 Å². The van der Waals surface area contributed by atoms with Crippen LogP contribution in [0.2, 0.25) is 0 Å². The van der Waals surface area contributed by atoms with Gasteiger partial charge in [0.15, 0.2) is 0 Å². The molecule has 0 aliphatic carbocycles. The van der Waals surface area contributed by atoms with Crippen LogP contribution in [0, 0.1) is 6.92 Å². The SMILES string of the molecule is Cc1cc(NS(=O)(=O)c2ccccc2Br)c(C(=O)O)[nH]1. The van der Waals surface area contributed by atoms with Gasteiger partial charge in [0.05, 0.1) is 5.69 Å². The quantitative estimate of drug-likeness (QED) is 0.781. The van der Waals surface area contributed by atoms with Gasteiger partial charge < -0.3 is 10.1 Å². The van der Waals surface area contributed by atoms with E-state index in [-0.39, 0.29) is 16.3 Å². The predicted molar refractivity (Wildman–Crippen MR) is 77.4 cm³/mol. The predicted octanol–water partition coefficient (Wildman–Crippen LogP) is 2.58. The Balaban J connectivity index is 2.44. The topological polar surface area (TPSA) is 99.3 Å². The summed E-state index contributed by atoms with van der Waals surface area (Å²) in [7, 11) is -3.87. The van der Waals surface area contributed by atoms with Crippen LogP contribution in [-0.4, -0.2) is 24.5 Å². The van der Waals surface area contributed by atoms with E-state index in [2.05, 4.69) is 25.6 Å². The highest BCUT2D eigenvalue weighted by atomic mass is 79.9. The molecule has 0 aliphatic rings. The van der Waals surface area contributed by atoms with Gasteiger partial charge in [-0.3, -0.25) is 4.72 Å². The van der Waals surface area contributed by atoms with Crippen LogP contribution in [0.15, 0.2) is 39.7 Å². The summed E-state index contributed by atoms with van der Waals surface area (Å²) in [6.45, 7) is 1.64. The second-order valence-electron chi connectivity index (χ2n) is 4.08. The highest BCUT2D eigenvalue weighted by Gasteiger charge is 2.21. The lowest BCUT2D eigenvalue weighted by Crippen LogP contribution is -2.15. The molecule has 0 fully saturated rings. The summed E-state index contributed by atoms with van der Waals surface area (Å²) in [6.07, 6.45) is 0. The smallest absolute Gasteiger partial charge is 0.354 e. The van der Waals surface area contributed by atoms with E-state index >= 15 is 0 Å². The Bertz CT molecular complexity index is 768. The lowest BCUT2D eigenvalue weighted by atomic mass is 10.4. The number of rotatable bonds is 4. The number of sulfonamides is 1. The van der Waals surface area contributed by atoms with Crippen molar-refractivity contribution in [2.45, 2.75) is 11.8 Å². The van der Waals surface area contributed by atoms with E-state index in [1.165, 1.54) is 12.1 Å². The van der Waals surface area contributed by atoms with Gasteiger partial charge in [0.1, 0.15) is 10.6 Å². The molecule has 0 saturated carbocycles. The van der Waals surface area contributed by atoms with Crippen molar-refractivity contribution in [1.82, 2.24) is 4.98 Å². The molecule has 2 rings (SSSR count). The van der Waals surface area contributed by atoms with Crippen molar-refractivity contribution in [3.63, 3.8) is 0 Å². The van der Waals surface area contributed by atoms with Crippen molar-refractivity contribution in [3.05, 3.63) is 46.2 Å². The Kier molecular flexibility index (Phi) is 3.87. The highest BCUT2D eigenvalue weighted by Crippen LogP contribution is 2.25. The van der Waals surface area contributed by atoms with Crippen LogP contribution in [0.4, 0.5) is 5.69 Å². The molecule has 8 heteroatoms. The minimum Gasteiger partial charge on any atom is -0.477 e. The van der Waals surface area contributed by atoms with E-state index in [4.69, 9.17) is 5.11 Å². The highest BCUT2D eigenvalue weighted by molar-refractivity contribution is 9.10. The van der Waals surface area contributed by atoms with Gasteiger partial charge in [0, 0.05) is 10.2 Å². The number of aromatic carboxylic acids is 1. The van der Waals surface area contributed by atoms with Crippen molar-refractivity contribution in [3.8, 4) is 0 Å². The summed E-state index contributed by atoms with van der Waals surface area (Å²) >= 11 is 3.15. The standard InChI is InChI=1S/C12H11BrN2O4S/c1-7-6-9(11(14-7)12(16)17)15-20(18,19)10-5-3-2-4-8(10)13/h2-6,14-15H,1H3,(H,16,17). The van der Waals surface area contributed by atoms with Crippen molar-refractivity contribution in [2.75, 3.05) is 4.72 Å². The van der Waals surface area contributed by atoms with Gasteiger partial charge in [-0.05, 0) is 41.1 Å². The minimum absolute atomic E-state index is 0.00533. The maximum absolute atomic E-state index is 12.3. The van der Waals surface area contributed by atoms with Crippen LogP contribution < -0.4 is 4.72 Å². The number of aromatic amines is 1. The average molecular weight is 359 g/mol. The normalized spacial score (nSPS) is 11.3. The Hall–Kier alpha value is -1.80. The molecule has 1 aromatic carbocycles. The first kappa shape index (κ1) is 14.6. The summed E-state index contributed by atoms with van der Waals surface area (Å²) in [4.78, 5) is 13.7. The number of hydrogen-bond donors (Lipinski definition) is 3. The third-order valence-electron chi connectivity index (χ3n) is 2.54. The third kappa shape index (κ3) is 2.86. The summed E-state index contributed by atoms with van der Waals surface area (Å²) in [5, 5.41) is 9.03. The zero-order valence-corrected chi connectivity index (χ0v) is 12.7. The average Bonchev–Trinajstić information content (AvgIpc) is 2.70. The molecule has 1 heterocycles. The van der Waals surface area contributed by atoms with Gasteiger partial charge in [-0.2, -0.15) is 0 Å². The number of halogens is 1. The summed E-state index contributed by atoms with van der Waals surface area (Å²) in [5.74, 6) is -1.23. The van der Waals surface area contributed by atoms with Crippen LogP contribution in [0.25, 0.3) is 0 Å². The third-order valence-corrected chi connectivity index (χ3v) is 4.91. The molecule has 6 nitrogen and oxygen atoms in total. The molecule has 0 spiro atoms. The van der Waals surface area contributed by atoms with Crippen LogP contribution in [0.5, 0.6) is 0 Å². The zero-order chi connectivity index (χ0) is 14.9. The van der Waals surface area contributed by atoms with Gasteiger partial charge >= 0.3 is 5.97 Å². The molecular weight excluding hydrogens is 348 g/mol. The number of carboxylic acid groups (broad SMARTS) is 1. The molecule has 1 aromatic heterocycles. The van der Waals surface area contributed by atoms with Crippen molar-refractivity contribution >= 4 is 37.6 Å². The van der Waals surface area contributed by atoms with E-state index < -0.39 is 16.0 Å². The Labute approximate surface area is 124 Å². The molecule has 106 valence electrons. The molecule has 0 atom stereocenters. The van der Waals surface area contributed by atoms with Crippen LogP contribution >= 0.6 is 15.9 Å². The number of hydrogen-bond acceptors (Lipinski definition) is 3. The first-order chi connectivity index (χ1) is 9.31. The van der Waals surface area contributed by atoms with Crippen molar-refractivity contribution in [1.29, 1.82) is 0 Å². The van der Waals surface area contributed by atoms with Gasteiger partial charge in [0.25, 0.3) is 10.0 Å². The van der Waals surface area contributed by atoms with Crippen LogP contribution in [0.1, 0.15) is 16.2 Å². The fraction of sp³-hybridized carbons (Fsp3) is 0.0833. The fourth-order valence-electron chi connectivity index (χ4n) is 1.70. The number of nitrogens with one attached hydrogen (secondary N) is 2. The number of carboxylic acids is 1. The minimum atomic E-state index is -3.87. The first-order valence-corrected chi connectivity index (χ1v) is 7.79. The van der Waals surface area contributed by atoms with Crippen LogP contribution in [0.3, 0.4) is 0 Å². The number of benzene rings is 1. The Morgan fingerprint density at radius 2 is 2.00 bits per heavy atom. The number of anilines is 1. The molecule has 20 heavy (non-hydrogen) atoms. The lowest BCUT2D eigenvalue weighted by molar-refractivity contribution is 0.0692. The van der Waals surface area contributed by atoms with Gasteiger partial charge in [-0.1, -0.05) is 12.1 Å². The van der Waals surface area contributed by atoms with E-state index in [1.807, 2.05) is 0 Å². The molecule has 0 bridgehead atoms. The fourth-order valence-corrected chi connectivity index (χ4v) is 3.77. The van der Waals surface area contributed by atoms with Crippen LogP contribution in [-0.2, 0) is 10.0 Å². The maximum atomic E-state index is 12.3. The molecule has 0 unspecified atom stereocenters. The second-order valence-corrected chi connectivity index (χ2v) is 6.59. The molecular formula is C12H11BrN2O4S. The number of aryl methyl sites for hydroxylation is 1. The molecule has 0 saturated heterocycles. The number of carbonyl (C=O) groups is 1. The maximum Gasteiger partial charge on any atom is 0.354 e. The van der Waals surface area contributed by atoms with E-state index in [9.17, 15) is 13.2 Å². The molecule has 0 amide bonds. The summed E-state index contributed by atoms with van der Waals surface area (Å²) < 4.78 is 27.2. The summed E-state index contributed by atoms with van der Waals surface area (Å²) in [6, 6.07) is 7.71. The first-order valence-electron chi connectivity index (χ1n) is 5.51. The molecule has 3 N–H and O–H groups in total. The molecule has 2 aromatic rings. The number of H-pyrrole nitrogens is 1. The van der Waals surface area contributed by atoms with E-state index in [1.54, 1.807) is 25.1 Å². The number of aromatic nitrogens is 1.